The van der Waals surface area contributed by atoms with Crippen LogP contribution in [-0.4, -0.2) is 15.5 Å². The van der Waals surface area contributed by atoms with Gasteiger partial charge in [-0.15, -0.1) is 0 Å². The molecule has 0 unspecified atom stereocenters. The number of hydrogen-bond acceptors (Lipinski definition) is 2. The van der Waals surface area contributed by atoms with Gasteiger partial charge in [-0.25, -0.2) is 4.98 Å². The van der Waals surface area contributed by atoms with Gasteiger partial charge in [0.2, 0.25) is 11.9 Å². The van der Waals surface area contributed by atoms with Gasteiger partial charge in [0.1, 0.15) is 0 Å². The van der Waals surface area contributed by atoms with Gasteiger partial charge in [0, 0.05) is 16.6 Å². The van der Waals surface area contributed by atoms with E-state index in [4.69, 9.17) is 0 Å². The number of rotatable bonds is 3. The van der Waals surface area contributed by atoms with Crippen molar-refractivity contribution in [2.75, 3.05) is 5.32 Å². The summed E-state index contributed by atoms with van der Waals surface area (Å²) < 4.78 is 2.96. The van der Waals surface area contributed by atoms with Crippen molar-refractivity contribution in [2.45, 2.75) is 27.2 Å². The molecule has 5 heteroatoms. The number of anilines is 1. The molecule has 0 aliphatic heterocycles. The zero-order valence-corrected chi connectivity index (χ0v) is 14.4. The molecule has 4 nitrogen and oxygen atoms in total. The lowest BCUT2D eigenvalue weighted by Gasteiger charge is -2.18. The number of carbonyl (C=O) groups excluding carboxylic acids is 1. The molecule has 0 atom stereocenters. The second-order valence-corrected chi connectivity index (χ2v) is 7.56. The Hall–Kier alpha value is -1.88. The normalized spacial score (nSPS) is 13.9. The Balaban J connectivity index is 2.00. The van der Waals surface area contributed by atoms with Crippen molar-refractivity contribution in [3.63, 3.8) is 0 Å². The predicted octanol–water partition coefficient (Wildman–Crippen LogP) is 4.58. The summed E-state index contributed by atoms with van der Waals surface area (Å²) in [5.41, 5.74) is 2.79. The summed E-state index contributed by atoms with van der Waals surface area (Å²) in [6.07, 6.45) is 6.43. The van der Waals surface area contributed by atoms with Gasteiger partial charge in [-0.05, 0) is 35.8 Å². The highest BCUT2D eigenvalue weighted by Gasteiger charge is 2.20. The largest absolute Gasteiger partial charge is 0.296 e. The molecule has 0 saturated heterocycles. The Morgan fingerprint density at radius 2 is 2.09 bits per heavy atom. The number of halogens is 1. The van der Waals surface area contributed by atoms with Crippen LogP contribution in [0.3, 0.4) is 0 Å². The van der Waals surface area contributed by atoms with Crippen LogP contribution < -0.4 is 5.32 Å². The second-order valence-electron chi connectivity index (χ2n) is 6.64. The lowest BCUT2D eigenvalue weighted by molar-refractivity contribution is -0.117. The van der Waals surface area contributed by atoms with E-state index in [0.717, 1.165) is 21.2 Å². The van der Waals surface area contributed by atoms with Gasteiger partial charge in [0.15, 0.2) is 0 Å². The van der Waals surface area contributed by atoms with Gasteiger partial charge in [-0.2, -0.15) is 0 Å². The number of imidazole rings is 1. The number of carbonyl (C=O) groups is 1. The molecule has 1 heterocycles. The standard InChI is InChI=1S/C17H18BrN3O/c1-17(2,3)10-15(22)20-16-19-13-8-7-11(18)9-14(13)21(16)12-5-4-6-12/h4-9H,10H2,1-3H3,(H,19,20,22). The third-order valence-electron chi connectivity index (χ3n) is 3.35. The van der Waals surface area contributed by atoms with E-state index >= 15 is 0 Å². The minimum absolute atomic E-state index is 0.0213. The van der Waals surface area contributed by atoms with Gasteiger partial charge < -0.3 is 0 Å². The highest BCUT2D eigenvalue weighted by atomic mass is 79.9. The van der Waals surface area contributed by atoms with Gasteiger partial charge in [-0.1, -0.05) is 42.8 Å². The minimum Gasteiger partial charge on any atom is -0.296 e. The molecule has 1 aliphatic rings. The van der Waals surface area contributed by atoms with E-state index in [0.29, 0.717) is 12.4 Å². The number of amides is 1. The quantitative estimate of drug-likeness (QED) is 0.871. The molecule has 0 saturated carbocycles. The van der Waals surface area contributed by atoms with Crippen LogP contribution in [0.25, 0.3) is 16.7 Å². The zero-order valence-electron chi connectivity index (χ0n) is 12.9. The lowest BCUT2D eigenvalue weighted by atomic mass is 9.92. The van der Waals surface area contributed by atoms with E-state index in [2.05, 4.69) is 26.2 Å². The van der Waals surface area contributed by atoms with E-state index in [1.54, 1.807) is 0 Å². The maximum Gasteiger partial charge on any atom is 0.227 e. The molecule has 22 heavy (non-hydrogen) atoms. The third kappa shape index (κ3) is 2.99. The molecule has 1 amide bonds. The molecule has 0 spiro atoms. The Morgan fingerprint density at radius 3 is 2.68 bits per heavy atom. The van der Waals surface area contributed by atoms with E-state index in [1.807, 2.05) is 61.8 Å². The predicted molar refractivity (Wildman–Crippen MR) is 93.5 cm³/mol. The molecule has 0 fully saturated rings. The molecular formula is C17H18BrN3O. The summed E-state index contributed by atoms with van der Waals surface area (Å²) in [6.45, 7) is 6.14. The molecule has 114 valence electrons. The number of aromatic nitrogens is 2. The molecule has 1 N–H and O–H groups in total. The fourth-order valence-electron chi connectivity index (χ4n) is 2.38. The molecule has 1 aromatic carbocycles. The van der Waals surface area contributed by atoms with Crippen LogP contribution in [0.5, 0.6) is 0 Å². The molecule has 0 radical (unpaired) electrons. The van der Waals surface area contributed by atoms with Gasteiger partial charge >= 0.3 is 0 Å². The van der Waals surface area contributed by atoms with E-state index in [9.17, 15) is 4.79 Å². The van der Waals surface area contributed by atoms with Crippen LogP contribution in [-0.2, 0) is 4.79 Å². The maximum atomic E-state index is 12.2. The summed E-state index contributed by atoms with van der Waals surface area (Å²) in [5, 5.41) is 2.95. The van der Waals surface area contributed by atoms with Crippen molar-refractivity contribution in [3.8, 4) is 0 Å². The van der Waals surface area contributed by atoms with Crippen LogP contribution in [0.1, 0.15) is 27.2 Å². The highest BCUT2D eigenvalue weighted by molar-refractivity contribution is 9.10. The Kier molecular flexibility index (Phi) is 3.68. The van der Waals surface area contributed by atoms with E-state index < -0.39 is 0 Å². The molecule has 1 aliphatic carbocycles. The summed E-state index contributed by atoms with van der Waals surface area (Å²) in [7, 11) is 0. The Morgan fingerprint density at radius 1 is 1.36 bits per heavy atom. The molecule has 2 aromatic rings. The molecule has 1 aromatic heterocycles. The average molecular weight is 360 g/mol. The summed E-state index contributed by atoms with van der Waals surface area (Å²) in [5.74, 6) is 0.546. The van der Waals surface area contributed by atoms with Crippen molar-refractivity contribution in [2.24, 2.45) is 5.41 Å². The number of nitrogens with one attached hydrogen (secondary N) is 1. The third-order valence-corrected chi connectivity index (χ3v) is 3.84. The molecular weight excluding hydrogens is 342 g/mol. The van der Waals surface area contributed by atoms with Crippen molar-refractivity contribution in [3.05, 3.63) is 40.9 Å². The lowest BCUT2D eigenvalue weighted by Crippen LogP contribution is -2.21. The summed E-state index contributed by atoms with van der Waals surface area (Å²) in [6, 6.07) is 5.90. The van der Waals surface area contributed by atoms with Crippen LogP contribution >= 0.6 is 15.9 Å². The number of benzene rings is 1. The van der Waals surface area contributed by atoms with Gasteiger partial charge in [0.05, 0.1) is 11.0 Å². The van der Waals surface area contributed by atoms with Crippen LogP contribution in [0, 0.1) is 5.41 Å². The first-order valence-corrected chi connectivity index (χ1v) is 7.99. The van der Waals surface area contributed by atoms with Crippen molar-refractivity contribution in [1.29, 1.82) is 0 Å². The number of fused-ring (bicyclic) bond motifs is 1. The van der Waals surface area contributed by atoms with Crippen LogP contribution in [0.2, 0.25) is 0 Å². The average Bonchev–Trinajstić information content (AvgIpc) is 2.63. The highest BCUT2D eigenvalue weighted by Crippen LogP contribution is 2.30. The Labute approximate surface area is 138 Å². The van der Waals surface area contributed by atoms with Gasteiger partial charge in [0.25, 0.3) is 0 Å². The molecule has 3 rings (SSSR count). The molecule has 0 bridgehead atoms. The van der Waals surface area contributed by atoms with Crippen LogP contribution in [0.15, 0.2) is 40.9 Å². The van der Waals surface area contributed by atoms with Gasteiger partial charge in [-0.3, -0.25) is 14.7 Å². The minimum atomic E-state index is -0.0560. The fraction of sp³-hybridized carbons (Fsp3) is 0.294. The summed E-state index contributed by atoms with van der Waals surface area (Å²) in [4.78, 5) is 16.8. The van der Waals surface area contributed by atoms with Crippen LogP contribution in [0.4, 0.5) is 5.95 Å². The van der Waals surface area contributed by atoms with E-state index in [-0.39, 0.29) is 11.3 Å². The number of nitrogens with zero attached hydrogens (tertiary/aromatic N) is 2. The summed E-state index contributed by atoms with van der Waals surface area (Å²) >= 11 is 3.49. The topological polar surface area (TPSA) is 46.9 Å². The van der Waals surface area contributed by atoms with Crippen molar-refractivity contribution in [1.82, 2.24) is 9.55 Å². The SMILES string of the molecule is CC(C)(C)CC(=O)Nc1nc2ccc(Br)cc2n1C1=CC=C1. The first-order valence-electron chi connectivity index (χ1n) is 7.20. The van der Waals surface area contributed by atoms with E-state index in [1.165, 1.54) is 0 Å². The van der Waals surface area contributed by atoms with Crippen molar-refractivity contribution >= 4 is 44.5 Å². The second kappa shape index (κ2) is 5.39. The first-order chi connectivity index (χ1) is 10.3. The maximum absolute atomic E-state index is 12.2. The first kappa shape index (κ1) is 15.0. The smallest absolute Gasteiger partial charge is 0.227 e. The number of allylic oxidation sites excluding steroid dienone is 4. The monoisotopic (exact) mass is 359 g/mol. The fourth-order valence-corrected chi connectivity index (χ4v) is 2.72. The van der Waals surface area contributed by atoms with Crippen molar-refractivity contribution < 1.29 is 4.79 Å². The number of hydrogen-bond donors (Lipinski definition) is 1. The Bertz CT molecular complexity index is 809. The zero-order chi connectivity index (χ0) is 15.9.